The summed E-state index contributed by atoms with van der Waals surface area (Å²) in [4.78, 5) is 11.1. The number of anilines is 1. The molecule has 0 fully saturated rings. The van der Waals surface area contributed by atoms with Crippen molar-refractivity contribution in [2.24, 2.45) is 0 Å². The van der Waals surface area contributed by atoms with Crippen molar-refractivity contribution in [1.82, 2.24) is 0 Å². The molecule has 0 aliphatic rings. The van der Waals surface area contributed by atoms with E-state index in [9.17, 15) is 4.79 Å². The fourth-order valence-electron chi connectivity index (χ4n) is 1.21. The summed E-state index contributed by atoms with van der Waals surface area (Å²) in [5, 5.41) is 8.73. The first kappa shape index (κ1) is 10.1. The maximum Gasteiger partial charge on any atom is 0.162 e. The molecular formula is C10H10N2O2. The zero-order chi connectivity index (χ0) is 10.7. The Labute approximate surface area is 81.9 Å². The molecule has 0 bridgehead atoms. The second-order valence-electron chi connectivity index (χ2n) is 2.78. The van der Waals surface area contributed by atoms with E-state index in [2.05, 4.69) is 0 Å². The van der Waals surface area contributed by atoms with Crippen LogP contribution in [-0.2, 0) is 0 Å². The largest absolute Gasteiger partial charge is 0.493 e. The van der Waals surface area contributed by atoms with Gasteiger partial charge in [-0.2, -0.15) is 5.26 Å². The molecule has 1 aromatic rings. The quantitative estimate of drug-likeness (QED) is 0.564. The van der Waals surface area contributed by atoms with E-state index in [0.717, 1.165) is 0 Å². The minimum Gasteiger partial charge on any atom is -0.493 e. The predicted octanol–water partition coefficient (Wildman–Crippen LogP) is 1.35. The Morgan fingerprint density at radius 1 is 1.57 bits per heavy atom. The third-order valence-corrected chi connectivity index (χ3v) is 1.90. The van der Waals surface area contributed by atoms with Gasteiger partial charge in [-0.15, -0.1) is 0 Å². The predicted molar refractivity (Wildman–Crippen MR) is 52.1 cm³/mol. The van der Waals surface area contributed by atoms with Crippen LogP contribution in [0.3, 0.4) is 0 Å². The molecule has 1 rings (SSSR count). The number of carbonyl (C=O) groups excluding carboxylic acids is 1. The third kappa shape index (κ3) is 1.52. The monoisotopic (exact) mass is 190 g/mol. The molecular weight excluding hydrogens is 180 g/mol. The van der Waals surface area contributed by atoms with Gasteiger partial charge in [0.1, 0.15) is 6.07 Å². The topological polar surface area (TPSA) is 76.1 Å². The summed E-state index contributed by atoms with van der Waals surface area (Å²) in [6.07, 6.45) is 0. The summed E-state index contributed by atoms with van der Waals surface area (Å²) >= 11 is 0. The number of hydrogen-bond acceptors (Lipinski definition) is 4. The van der Waals surface area contributed by atoms with Crippen LogP contribution in [0.4, 0.5) is 5.69 Å². The molecule has 2 N–H and O–H groups in total. The molecule has 0 aromatic heterocycles. The summed E-state index contributed by atoms with van der Waals surface area (Å²) in [6.45, 7) is 1.41. The maximum atomic E-state index is 11.1. The van der Waals surface area contributed by atoms with E-state index in [1.807, 2.05) is 6.07 Å². The van der Waals surface area contributed by atoms with Crippen LogP contribution >= 0.6 is 0 Å². The van der Waals surface area contributed by atoms with Crippen LogP contribution in [0.25, 0.3) is 0 Å². The zero-order valence-corrected chi connectivity index (χ0v) is 8.00. The van der Waals surface area contributed by atoms with Crippen LogP contribution in [0.15, 0.2) is 12.1 Å². The van der Waals surface area contributed by atoms with Crippen LogP contribution in [0, 0.1) is 11.3 Å². The minimum atomic E-state index is -0.148. The normalized spacial score (nSPS) is 9.21. The fourth-order valence-corrected chi connectivity index (χ4v) is 1.21. The highest BCUT2D eigenvalue weighted by atomic mass is 16.5. The van der Waals surface area contributed by atoms with Gasteiger partial charge < -0.3 is 10.5 Å². The Morgan fingerprint density at radius 3 is 2.64 bits per heavy atom. The highest BCUT2D eigenvalue weighted by Gasteiger charge is 2.13. The van der Waals surface area contributed by atoms with Crippen molar-refractivity contribution in [2.75, 3.05) is 12.8 Å². The Kier molecular flexibility index (Phi) is 2.73. The Hall–Kier alpha value is -2.02. The van der Waals surface area contributed by atoms with Gasteiger partial charge in [0.2, 0.25) is 0 Å². The van der Waals surface area contributed by atoms with Crippen molar-refractivity contribution in [3.05, 3.63) is 23.3 Å². The molecule has 4 heteroatoms. The third-order valence-electron chi connectivity index (χ3n) is 1.90. The molecule has 14 heavy (non-hydrogen) atoms. The zero-order valence-electron chi connectivity index (χ0n) is 8.00. The first-order valence-corrected chi connectivity index (χ1v) is 3.99. The average molecular weight is 190 g/mol. The van der Waals surface area contributed by atoms with E-state index in [1.165, 1.54) is 26.2 Å². The highest BCUT2D eigenvalue weighted by Crippen LogP contribution is 2.29. The van der Waals surface area contributed by atoms with Gasteiger partial charge in [-0.05, 0) is 19.1 Å². The number of rotatable bonds is 2. The van der Waals surface area contributed by atoms with Gasteiger partial charge >= 0.3 is 0 Å². The van der Waals surface area contributed by atoms with Crippen LogP contribution in [0.5, 0.6) is 5.75 Å². The van der Waals surface area contributed by atoms with Crippen molar-refractivity contribution in [2.45, 2.75) is 6.92 Å². The van der Waals surface area contributed by atoms with Gasteiger partial charge in [-0.3, -0.25) is 4.79 Å². The number of hydrogen-bond donors (Lipinski definition) is 1. The lowest BCUT2D eigenvalue weighted by molar-refractivity contribution is 0.101. The molecule has 0 atom stereocenters. The highest BCUT2D eigenvalue weighted by molar-refractivity contribution is 6.00. The smallest absolute Gasteiger partial charge is 0.162 e. The van der Waals surface area contributed by atoms with E-state index in [1.54, 1.807) is 0 Å². The van der Waals surface area contributed by atoms with Gasteiger partial charge in [0.05, 0.1) is 18.4 Å². The fraction of sp³-hybridized carbons (Fsp3) is 0.200. The van der Waals surface area contributed by atoms with Crippen LogP contribution in [0.2, 0.25) is 0 Å². The van der Waals surface area contributed by atoms with E-state index in [-0.39, 0.29) is 17.2 Å². The number of Topliss-reactive ketones (excluding diaryl/α,β-unsaturated/α-hetero) is 1. The lowest BCUT2D eigenvalue weighted by Gasteiger charge is -2.09. The molecule has 0 aliphatic carbocycles. The first-order chi connectivity index (χ1) is 6.61. The minimum absolute atomic E-state index is 0.148. The second kappa shape index (κ2) is 3.79. The second-order valence-corrected chi connectivity index (χ2v) is 2.78. The average Bonchev–Trinajstić information content (AvgIpc) is 2.16. The Morgan fingerprint density at radius 2 is 2.21 bits per heavy atom. The van der Waals surface area contributed by atoms with Crippen molar-refractivity contribution in [3.63, 3.8) is 0 Å². The van der Waals surface area contributed by atoms with Crippen LogP contribution < -0.4 is 10.5 Å². The van der Waals surface area contributed by atoms with Gasteiger partial charge in [0.25, 0.3) is 0 Å². The van der Waals surface area contributed by atoms with Gasteiger partial charge in [-0.25, -0.2) is 0 Å². The standard InChI is InChI=1S/C10H10N2O2/c1-6(13)8-4-3-7(5-11)10(14-2)9(8)12/h3-4H,12H2,1-2H3. The molecule has 72 valence electrons. The maximum absolute atomic E-state index is 11.1. The van der Waals surface area contributed by atoms with E-state index in [0.29, 0.717) is 11.1 Å². The van der Waals surface area contributed by atoms with Gasteiger partial charge in [0, 0.05) is 5.56 Å². The molecule has 0 saturated heterocycles. The molecule has 0 spiro atoms. The van der Waals surface area contributed by atoms with E-state index in [4.69, 9.17) is 15.7 Å². The number of carbonyl (C=O) groups is 1. The first-order valence-electron chi connectivity index (χ1n) is 3.99. The van der Waals surface area contributed by atoms with Gasteiger partial charge in [0.15, 0.2) is 11.5 Å². The molecule has 0 heterocycles. The van der Waals surface area contributed by atoms with Crippen molar-refractivity contribution in [3.8, 4) is 11.8 Å². The summed E-state index contributed by atoms with van der Waals surface area (Å²) in [6, 6.07) is 4.98. The molecule has 4 nitrogen and oxygen atoms in total. The Bertz CT molecular complexity index is 419. The number of ketones is 1. The van der Waals surface area contributed by atoms with Crippen LogP contribution in [-0.4, -0.2) is 12.9 Å². The van der Waals surface area contributed by atoms with Gasteiger partial charge in [-0.1, -0.05) is 0 Å². The Balaban J connectivity index is 3.44. The number of nitrogens with two attached hydrogens (primary N) is 1. The lowest BCUT2D eigenvalue weighted by Crippen LogP contribution is -2.03. The number of nitriles is 1. The van der Waals surface area contributed by atoms with Crippen molar-refractivity contribution >= 4 is 11.5 Å². The van der Waals surface area contributed by atoms with Crippen molar-refractivity contribution < 1.29 is 9.53 Å². The van der Waals surface area contributed by atoms with Crippen molar-refractivity contribution in [1.29, 1.82) is 5.26 Å². The SMILES string of the molecule is COc1c(C#N)ccc(C(C)=O)c1N. The number of ether oxygens (including phenoxy) is 1. The van der Waals surface area contributed by atoms with E-state index >= 15 is 0 Å². The van der Waals surface area contributed by atoms with E-state index < -0.39 is 0 Å². The number of nitrogen functional groups attached to an aromatic ring is 1. The molecule has 0 unspecified atom stereocenters. The number of nitrogens with zero attached hydrogens (tertiary/aromatic N) is 1. The number of benzene rings is 1. The summed E-state index contributed by atoms with van der Waals surface area (Å²) in [5.41, 5.74) is 6.60. The summed E-state index contributed by atoms with van der Waals surface area (Å²) in [7, 11) is 1.41. The molecule has 0 radical (unpaired) electrons. The lowest BCUT2D eigenvalue weighted by atomic mass is 10.1. The summed E-state index contributed by atoms with van der Waals surface area (Å²) in [5.74, 6) is 0.116. The molecule has 0 aliphatic heterocycles. The summed E-state index contributed by atoms with van der Waals surface area (Å²) < 4.78 is 4.96. The molecule has 0 saturated carbocycles. The van der Waals surface area contributed by atoms with Crippen LogP contribution in [0.1, 0.15) is 22.8 Å². The molecule has 0 amide bonds. The molecule has 1 aromatic carbocycles. The number of methoxy groups -OCH3 is 1.